The van der Waals surface area contributed by atoms with E-state index in [1.165, 1.54) is 14.2 Å². The zero-order valence-corrected chi connectivity index (χ0v) is 33.0. The molecule has 4 fully saturated rings. The highest BCUT2D eigenvalue weighted by atomic mass is 16.5. The number of aromatic nitrogens is 4. The number of carbonyl (C=O) groups excluding carboxylic acids is 4. The van der Waals surface area contributed by atoms with Crippen LogP contribution in [0, 0.1) is 22.7 Å². The summed E-state index contributed by atoms with van der Waals surface area (Å²) < 4.78 is 9.63. The van der Waals surface area contributed by atoms with Gasteiger partial charge in [-0.3, -0.25) is 9.59 Å². The molecule has 2 aliphatic heterocycles. The molecule has 2 spiro atoms. The van der Waals surface area contributed by atoms with Crippen LogP contribution in [0.5, 0.6) is 0 Å². The van der Waals surface area contributed by atoms with Crippen molar-refractivity contribution in [3.8, 4) is 22.4 Å². The maximum atomic E-state index is 13.9. The van der Waals surface area contributed by atoms with E-state index in [1.807, 2.05) is 49.8 Å². The van der Waals surface area contributed by atoms with Crippen molar-refractivity contribution in [2.75, 3.05) is 27.3 Å². The first-order chi connectivity index (χ1) is 26.8. The summed E-state index contributed by atoms with van der Waals surface area (Å²) in [6.07, 6.45) is 6.60. The number of fused-ring (bicyclic) bond motifs is 1. The molecular formula is C42H52N8O6. The minimum Gasteiger partial charge on any atom is -0.453 e. The van der Waals surface area contributed by atoms with E-state index in [4.69, 9.17) is 19.4 Å². The van der Waals surface area contributed by atoms with Crippen molar-refractivity contribution in [3.63, 3.8) is 0 Å². The number of alkyl carbamates (subject to hydrolysis) is 2. The number of amides is 4. The third-order valence-corrected chi connectivity index (χ3v) is 12.5. The lowest BCUT2D eigenvalue weighted by molar-refractivity contribution is -0.136. The van der Waals surface area contributed by atoms with Crippen LogP contribution < -0.4 is 10.6 Å². The van der Waals surface area contributed by atoms with E-state index in [-0.39, 0.29) is 46.6 Å². The number of methoxy groups -OCH3 is 2. The second-order valence-electron chi connectivity index (χ2n) is 17.2. The quantitative estimate of drug-likeness (QED) is 0.142. The van der Waals surface area contributed by atoms with Gasteiger partial charge in [-0.1, -0.05) is 58.0 Å². The van der Waals surface area contributed by atoms with Crippen molar-refractivity contribution in [2.45, 2.75) is 90.4 Å². The number of likely N-dealkylation sites (tertiary alicyclic amines) is 2. The molecule has 296 valence electrons. The fourth-order valence-electron chi connectivity index (χ4n) is 8.76. The zero-order valence-electron chi connectivity index (χ0n) is 33.0. The van der Waals surface area contributed by atoms with E-state index in [0.29, 0.717) is 13.1 Å². The summed E-state index contributed by atoms with van der Waals surface area (Å²) in [6, 6.07) is 12.7. The first kappa shape index (κ1) is 37.5. The van der Waals surface area contributed by atoms with E-state index < -0.39 is 24.3 Å². The minimum absolute atomic E-state index is 0.108. The molecule has 4 amide bonds. The lowest BCUT2D eigenvalue weighted by atomic mass is 10.0. The normalized spacial score (nSPS) is 21.5. The van der Waals surface area contributed by atoms with Crippen LogP contribution in [0.25, 0.3) is 33.4 Å². The van der Waals surface area contributed by atoms with E-state index in [9.17, 15) is 19.2 Å². The van der Waals surface area contributed by atoms with Gasteiger partial charge in [0, 0.05) is 13.1 Å². The third kappa shape index (κ3) is 7.09. The molecule has 4 atom stereocenters. The number of imidazole rings is 2. The summed E-state index contributed by atoms with van der Waals surface area (Å²) >= 11 is 0. The van der Waals surface area contributed by atoms with Gasteiger partial charge >= 0.3 is 12.2 Å². The molecule has 4 heterocycles. The van der Waals surface area contributed by atoms with Crippen molar-refractivity contribution >= 4 is 35.0 Å². The lowest BCUT2D eigenvalue weighted by Gasteiger charge is -2.30. The van der Waals surface area contributed by atoms with E-state index in [0.717, 1.165) is 83.6 Å². The minimum atomic E-state index is -0.693. The van der Waals surface area contributed by atoms with Crippen LogP contribution in [-0.2, 0) is 19.1 Å². The first-order valence-corrected chi connectivity index (χ1v) is 19.8. The lowest BCUT2D eigenvalue weighted by Crippen LogP contribution is -2.51. The highest BCUT2D eigenvalue weighted by molar-refractivity contribution is 5.88. The number of hydrogen-bond donors (Lipinski definition) is 4. The Balaban J connectivity index is 0.992. The summed E-state index contributed by atoms with van der Waals surface area (Å²) in [7, 11) is 2.61. The molecule has 0 radical (unpaired) electrons. The molecule has 14 heteroatoms. The predicted octanol–water partition coefficient (Wildman–Crippen LogP) is 6.49. The van der Waals surface area contributed by atoms with E-state index in [2.05, 4.69) is 57.0 Å². The molecule has 4 aromatic rings. The number of nitrogens with one attached hydrogen (secondary N) is 4. The van der Waals surface area contributed by atoms with Crippen molar-refractivity contribution in [1.29, 1.82) is 0 Å². The summed E-state index contributed by atoms with van der Waals surface area (Å²) in [4.78, 5) is 72.6. The molecule has 2 aliphatic carbocycles. The Morgan fingerprint density at radius 2 is 1.21 bits per heavy atom. The standard InChI is InChI=1S/C42H52N8O6/c1-23(2)33(47-39(53)55-5)37(51)49-21-41(13-14-41)18-31(49)35-43-20-30(46-35)26-9-7-25(8-10-26)27-11-12-28-29(17-27)45-36(44-28)32-19-42(15-16-42)22-50(32)38(52)34(24(3)4)48-40(54)56-6/h7-12,17,20,23-24,31-34H,13-16,18-19,21-22H2,1-6H3,(H,43,46)(H,44,45)(H,47,53)(H,48,54)/t31-,32-,33-,34-/m0/s1. The molecular weight excluding hydrogens is 713 g/mol. The second-order valence-corrected chi connectivity index (χ2v) is 17.2. The van der Waals surface area contributed by atoms with Gasteiger partial charge < -0.3 is 39.9 Å². The SMILES string of the molecule is COC(=O)N[C@H](C(=O)N1CC2(CC2)C[C@H]1c1ncc(-c2ccc(-c3ccc4nc([C@@H]5CC6(CC6)CN5C(=O)[C@@H](NC(=O)OC)C(C)C)[nH]c4c3)cc2)[nH]1)C(C)C. The molecule has 14 nitrogen and oxygen atoms in total. The molecule has 56 heavy (non-hydrogen) atoms. The number of hydrogen-bond acceptors (Lipinski definition) is 8. The zero-order chi connectivity index (χ0) is 39.5. The van der Waals surface area contributed by atoms with Gasteiger partial charge in [-0.2, -0.15) is 0 Å². The van der Waals surface area contributed by atoms with Crippen LogP contribution in [0.2, 0.25) is 0 Å². The number of H-pyrrole nitrogens is 2. The van der Waals surface area contributed by atoms with Crippen LogP contribution in [-0.4, -0.2) is 93.1 Å². The molecule has 4 aliphatic rings. The molecule has 2 aromatic carbocycles. The van der Waals surface area contributed by atoms with E-state index in [1.54, 1.807) is 0 Å². The van der Waals surface area contributed by atoms with Crippen molar-refractivity contribution in [2.24, 2.45) is 22.7 Å². The Labute approximate surface area is 326 Å². The topological polar surface area (TPSA) is 175 Å². The van der Waals surface area contributed by atoms with Crippen LogP contribution in [0.4, 0.5) is 9.59 Å². The summed E-state index contributed by atoms with van der Waals surface area (Å²) in [5.41, 5.74) is 5.85. The van der Waals surface area contributed by atoms with Gasteiger partial charge in [0.2, 0.25) is 11.8 Å². The fourth-order valence-corrected chi connectivity index (χ4v) is 8.76. The largest absolute Gasteiger partial charge is 0.453 e. The fraction of sp³-hybridized carbons (Fsp3) is 0.524. The van der Waals surface area contributed by atoms with Gasteiger partial charge in [0.25, 0.3) is 0 Å². The molecule has 2 saturated heterocycles. The number of ether oxygens (including phenoxy) is 2. The number of aromatic amines is 2. The Morgan fingerprint density at radius 3 is 1.71 bits per heavy atom. The predicted molar refractivity (Wildman–Crippen MR) is 209 cm³/mol. The Bertz CT molecular complexity index is 2150. The number of benzene rings is 2. The maximum absolute atomic E-state index is 13.9. The van der Waals surface area contributed by atoms with Crippen molar-refractivity contribution in [1.82, 2.24) is 40.4 Å². The van der Waals surface area contributed by atoms with Crippen LogP contribution in [0.1, 0.15) is 90.0 Å². The van der Waals surface area contributed by atoms with Crippen molar-refractivity contribution < 1.29 is 28.7 Å². The third-order valence-electron chi connectivity index (χ3n) is 12.5. The Hall–Kier alpha value is -5.40. The monoisotopic (exact) mass is 764 g/mol. The molecule has 0 bridgehead atoms. The van der Waals surface area contributed by atoms with Gasteiger partial charge in [-0.05, 0) is 90.0 Å². The van der Waals surface area contributed by atoms with Gasteiger partial charge in [0.05, 0.1) is 49.2 Å². The number of carbonyl (C=O) groups is 4. The summed E-state index contributed by atoms with van der Waals surface area (Å²) in [5, 5.41) is 5.49. The van der Waals surface area contributed by atoms with Gasteiger partial charge in [0.15, 0.2) is 0 Å². The number of rotatable bonds is 10. The molecule has 2 saturated carbocycles. The number of nitrogens with zero attached hydrogens (tertiary/aromatic N) is 4. The Kier molecular flexibility index (Phi) is 9.56. The van der Waals surface area contributed by atoms with E-state index >= 15 is 0 Å². The maximum Gasteiger partial charge on any atom is 0.407 e. The first-order valence-electron chi connectivity index (χ1n) is 19.8. The van der Waals surface area contributed by atoms with Crippen LogP contribution in [0.15, 0.2) is 48.7 Å². The molecule has 4 N–H and O–H groups in total. The molecule has 0 unspecified atom stereocenters. The summed E-state index contributed by atoms with van der Waals surface area (Å²) in [6.45, 7) is 8.99. The van der Waals surface area contributed by atoms with Gasteiger partial charge in [-0.25, -0.2) is 19.6 Å². The van der Waals surface area contributed by atoms with Gasteiger partial charge in [0.1, 0.15) is 23.7 Å². The van der Waals surface area contributed by atoms with Crippen LogP contribution >= 0.6 is 0 Å². The Morgan fingerprint density at radius 1 is 0.714 bits per heavy atom. The molecule has 8 rings (SSSR count). The average Bonchev–Trinajstić information content (AvgIpc) is 3.80. The summed E-state index contributed by atoms with van der Waals surface area (Å²) in [5.74, 6) is 1.06. The van der Waals surface area contributed by atoms with Gasteiger partial charge in [-0.15, -0.1) is 0 Å². The highest BCUT2D eigenvalue weighted by Gasteiger charge is 2.56. The average molecular weight is 765 g/mol. The molecule has 2 aromatic heterocycles. The smallest absolute Gasteiger partial charge is 0.407 e. The second kappa shape index (κ2) is 14.3. The highest BCUT2D eigenvalue weighted by Crippen LogP contribution is 2.59. The van der Waals surface area contributed by atoms with Crippen molar-refractivity contribution in [3.05, 3.63) is 60.3 Å². The van der Waals surface area contributed by atoms with Crippen LogP contribution in [0.3, 0.4) is 0 Å².